The molecule has 0 bridgehead atoms. The van der Waals surface area contributed by atoms with Gasteiger partial charge in [0, 0.05) is 36.3 Å². The number of halogens is 2. The largest absolute Gasteiger partial charge is 0.351 e. The summed E-state index contributed by atoms with van der Waals surface area (Å²) in [6.45, 7) is 0. The van der Waals surface area contributed by atoms with Crippen LogP contribution >= 0.6 is 0 Å². The van der Waals surface area contributed by atoms with Crippen LogP contribution in [0.2, 0.25) is 0 Å². The summed E-state index contributed by atoms with van der Waals surface area (Å²) >= 11 is 0. The van der Waals surface area contributed by atoms with E-state index in [1.54, 1.807) is 0 Å². The number of unbranched alkanes of at least 4 members (excludes halogenated alkanes) is 1. The highest BCUT2D eigenvalue weighted by Gasteiger charge is 2.04. The van der Waals surface area contributed by atoms with Crippen LogP contribution in [0.4, 0.5) is 14.5 Å². The molecule has 1 N–H and O–H groups in total. The van der Waals surface area contributed by atoms with Gasteiger partial charge in [0.1, 0.15) is 0 Å². The zero-order chi connectivity index (χ0) is 14.5. The summed E-state index contributed by atoms with van der Waals surface area (Å²) in [6, 6.07) is 7.64. The summed E-state index contributed by atoms with van der Waals surface area (Å²) in [7, 11) is 1.96. The molecule has 106 valence electrons. The summed E-state index contributed by atoms with van der Waals surface area (Å²) < 4.78 is 25.6. The van der Waals surface area contributed by atoms with Gasteiger partial charge in [-0.1, -0.05) is 0 Å². The fourth-order valence-electron chi connectivity index (χ4n) is 2.06. The Bertz CT molecular complexity index is 642. The summed E-state index contributed by atoms with van der Waals surface area (Å²) in [5.74, 6) is -0.159. The van der Waals surface area contributed by atoms with Gasteiger partial charge >= 0.3 is 0 Å². The molecule has 5 heteroatoms. The van der Waals surface area contributed by atoms with Crippen molar-refractivity contribution < 1.29 is 13.6 Å². The normalized spacial score (nSPS) is 10.6. The summed E-state index contributed by atoms with van der Waals surface area (Å²) in [5, 5.41) is 3.82. The van der Waals surface area contributed by atoms with E-state index in [1.165, 1.54) is 0 Å². The van der Waals surface area contributed by atoms with E-state index in [4.69, 9.17) is 0 Å². The van der Waals surface area contributed by atoms with Crippen molar-refractivity contribution in [2.45, 2.75) is 19.3 Å². The number of carbonyl (C=O) groups excluding carboxylic acids is 1. The highest BCUT2D eigenvalue weighted by Crippen LogP contribution is 2.20. The Morgan fingerprint density at radius 1 is 1.35 bits per heavy atom. The van der Waals surface area contributed by atoms with E-state index in [0.717, 1.165) is 22.7 Å². The number of anilines is 1. The lowest BCUT2D eigenvalue weighted by Crippen LogP contribution is -2.10. The lowest BCUT2D eigenvalue weighted by atomic mass is 10.2. The van der Waals surface area contributed by atoms with Crippen LogP contribution in [0.3, 0.4) is 0 Å². The van der Waals surface area contributed by atoms with Crippen LogP contribution in [0.15, 0.2) is 42.6 Å². The third-order valence-corrected chi connectivity index (χ3v) is 3.08. The first-order valence-corrected chi connectivity index (χ1v) is 6.42. The van der Waals surface area contributed by atoms with E-state index < -0.39 is 6.08 Å². The second-order valence-electron chi connectivity index (χ2n) is 4.63. The zero-order valence-corrected chi connectivity index (χ0v) is 11.2. The summed E-state index contributed by atoms with van der Waals surface area (Å²) in [4.78, 5) is 11.7. The highest BCUT2D eigenvalue weighted by atomic mass is 19.3. The number of nitrogens with zero attached hydrogens (tertiary/aromatic N) is 1. The van der Waals surface area contributed by atoms with Crippen LogP contribution in [-0.2, 0) is 11.8 Å². The number of rotatable bonds is 5. The average molecular weight is 278 g/mol. The maximum atomic E-state index is 11.8. The molecular weight excluding hydrogens is 262 g/mol. The van der Waals surface area contributed by atoms with Crippen molar-refractivity contribution in [2.24, 2.45) is 7.05 Å². The van der Waals surface area contributed by atoms with E-state index in [-0.39, 0.29) is 18.7 Å². The quantitative estimate of drug-likeness (QED) is 0.822. The van der Waals surface area contributed by atoms with Gasteiger partial charge in [-0.05, 0) is 43.2 Å². The van der Waals surface area contributed by atoms with E-state index in [2.05, 4.69) is 5.32 Å². The molecule has 2 rings (SSSR count). The second kappa shape index (κ2) is 6.32. The molecule has 0 radical (unpaired) electrons. The monoisotopic (exact) mass is 278 g/mol. The molecule has 1 aromatic carbocycles. The molecule has 0 aliphatic heterocycles. The Labute approximate surface area is 115 Å². The number of fused-ring (bicyclic) bond motifs is 1. The number of allylic oxidation sites excluding steroid dienone is 1. The van der Waals surface area contributed by atoms with Gasteiger partial charge in [-0.3, -0.25) is 4.79 Å². The van der Waals surface area contributed by atoms with Crippen molar-refractivity contribution in [3.8, 4) is 0 Å². The molecule has 20 heavy (non-hydrogen) atoms. The number of aryl methyl sites for hydroxylation is 1. The lowest BCUT2D eigenvalue weighted by molar-refractivity contribution is -0.116. The van der Waals surface area contributed by atoms with Crippen LogP contribution in [-0.4, -0.2) is 10.5 Å². The lowest BCUT2D eigenvalue weighted by Gasteiger charge is -2.05. The van der Waals surface area contributed by atoms with E-state index in [1.807, 2.05) is 42.1 Å². The van der Waals surface area contributed by atoms with Crippen molar-refractivity contribution in [3.63, 3.8) is 0 Å². The number of aromatic nitrogens is 1. The molecule has 1 heterocycles. The SMILES string of the molecule is Cn1ccc2cc(NC(=O)CCCC=C(F)F)ccc21. The Kier molecular flexibility index (Phi) is 4.50. The Balaban J connectivity index is 1.91. The zero-order valence-electron chi connectivity index (χ0n) is 11.2. The minimum Gasteiger partial charge on any atom is -0.351 e. The van der Waals surface area contributed by atoms with Gasteiger partial charge in [0.25, 0.3) is 6.08 Å². The van der Waals surface area contributed by atoms with Crippen molar-refractivity contribution in [3.05, 3.63) is 42.6 Å². The summed E-state index contributed by atoms with van der Waals surface area (Å²) in [5.41, 5.74) is 1.81. The minimum atomic E-state index is -1.69. The number of hydrogen-bond donors (Lipinski definition) is 1. The maximum Gasteiger partial charge on any atom is 0.266 e. The van der Waals surface area contributed by atoms with Gasteiger partial charge in [-0.2, -0.15) is 8.78 Å². The van der Waals surface area contributed by atoms with Gasteiger partial charge in [0.2, 0.25) is 5.91 Å². The first-order valence-electron chi connectivity index (χ1n) is 6.42. The number of nitrogens with one attached hydrogen (secondary N) is 1. The molecular formula is C15H16F2N2O. The molecule has 0 aliphatic rings. The van der Waals surface area contributed by atoms with Crippen LogP contribution < -0.4 is 5.32 Å². The average Bonchev–Trinajstić information content (AvgIpc) is 2.76. The summed E-state index contributed by atoms with van der Waals surface area (Å²) in [6.07, 6.45) is 1.96. The molecule has 0 fully saturated rings. The Morgan fingerprint density at radius 3 is 2.90 bits per heavy atom. The molecule has 1 aromatic heterocycles. The number of benzene rings is 1. The molecule has 0 spiro atoms. The Morgan fingerprint density at radius 2 is 2.15 bits per heavy atom. The van der Waals surface area contributed by atoms with Crippen molar-refractivity contribution >= 4 is 22.5 Å². The van der Waals surface area contributed by atoms with Crippen molar-refractivity contribution in [1.29, 1.82) is 0 Å². The minimum absolute atomic E-state index is 0.159. The predicted octanol–water partition coefficient (Wildman–Crippen LogP) is 4.07. The second-order valence-corrected chi connectivity index (χ2v) is 4.63. The van der Waals surface area contributed by atoms with Gasteiger partial charge in [-0.25, -0.2) is 0 Å². The molecule has 0 saturated carbocycles. The van der Waals surface area contributed by atoms with Crippen molar-refractivity contribution in [2.75, 3.05) is 5.32 Å². The molecule has 2 aromatic rings. The van der Waals surface area contributed by atoms with Gasteiger partial charge in [0.05, 0.1) is 0 Å². The maximum absolute atomic E-state index is 11.8. The predicted molar refractivity (Wildman–Crippen MR) is 75.7 cm³/mol. The molecule has 0 aliphatic carbocycles. The smallest absolute Gasteiger partial charge is 0.266 e. The molecule has 0 atom stereocenters. The van der Waals surface area contributed by atoms with Crippen LogP contribution in [0.1, 0.15) is 19.3 Å². The van der Waals surface area contributed by atoms with Crippen LogP contribution in [0.25, 0.3) is 10.9 Å². The molecule has 0 saturated heterocycles. The topological polar surface area (TPSA) is 34.0 Å². The van der Waals surface area contributed by atoms with Gasteiger partial charge in [-0.15, -0.1) is 0 Å². The van der Waals surface area contributed by atoms with E-state index in [9.17, 15) is 13.6 Å². The van der Waals surface area contributed by atoms with Crippen LogP contribution in [0.5, 0.6) is 0 Å². The first-order chi connectivity index (χ1) is 9.56. The first kappa shape index (κ1) is 14.2. The molecule has 0 unspecified atom stereocenters. The fraction of sp³-hybridized carbons (Fsp3) is 0.267. The van der Waals surface area contributed by atoms with Crippen molar-refractivity contribution in [1.82, 2.24) is 4.57 Å². The standard InChI is InChI=1S/C15H16F2N2O/c1-19-9-8-11-10-12(6-7-13(11)19)18-15(20)5-3-2-4-14(16)17/h4,6-10H,2-3,5H2,1H3,(H,18,20). The number of amides is 1. The molecule has 3 nitrogen and oxygen atoms in total. The molecule has 1 amide bonds. The fourth-order valence-corrected chi connectivity index (χ4v) is 2.06. The third-order valence-electron chi connectivity index (χ3n) is 3.08. The third kappa shape index (κ3) is 3.66. The van der Waals surface area contributed by atoms with Crippen LogP contribution in [0, 0.1) is 0 Å². The van der Waals surface area contributed by atoms with Gasteiger partial charge in [0.15, 0.2) is 0 Å². The van der Waals surface area contributed by atoms with E-state index >= 15 is 0 Å². The Hall–Kier alpha value is -2.17. The van der Waals surface area contributed by atoms with Gasteiger partial charge < -0.3 is 9.88 Å². The number of carbonyl (C=O) groups is 1. The van der Waals surface area contributed by atoms with E-state index in [0.29, 0.717) is 6.42 Å². The highest BCUT2D eigenvalue weighted by molar-refractivity contribution is 5.93. The number of hydrogen-bond acceptors (Lipinski definition) is 1.